The van der Waals surface area contributed by atoms with Gasteiger partial charge in [-0.2, -0.15) is 0 Å². The van der Waals surface area contributed by atoms with Crippen molar-refractivity contribution >= 4 is 0 Å². The molecule has 0 nitrogen and oxygen atoms in total. The molecule has 0 heterocycles. The predicted molar refractivity (Wildman–Crippen MR) is 57.3 cm³/mol. The minimum atomic E-state index is 0.676. The maximum absolute atomic E-state index is 2.36. The highest BCUT2D eigenvalue weighted by Crippen LogP contribution is 2.37. The topological polar surface area (TPSA) is 0 Å². The largest absolute Gasteiger partial charge is 0.0617 e. The first-order valence-corrected chi connectivity index (χ1v) is 5.32. The van der Waals surface area contributed by atoms with Crippen LogP contribution in [0.1, 0.15) is 55.7 Å². The minimum absolute atomic E-state index is 0.676. The minimum Gasteiger partial charge on any atom is -0.0617 e. The Morgan fingerprint density at radius 2 is 2.08 bits per heavy atom. The molecule has 1 atom stereocenters. The first-order chi connectivity index (χ1) is 6.20. The predicted octanol–water partition coefficient (Wildman–Crippen LogP) is 3.86. The molecule has 0 heteroatoms. The third-order valence-corrected chi connectivity index (χ3v) is 3.19. The summed E-state index contributed by atoms with van der Waals surface area (Å²) in [6, 6.07) is 6.81. The van der Waals surface area contributed by atoms with Crippen LogP contribution in [0.4, 0.5) is 0 Å². The van der Waals surface area contributed by atoms with Gasteiger partial charge in [-0.15, -0.1) is 0 Å². The van der Waals surface area contributed by atoms with Crippen molar-refractivity contribution in [1.82, 2.24) is 0 Å². The lowest BCUT2D eigenvalue weighted by Gasteiger charge is -2.14. The molecule has 70 valence electrons. The van der Waals surface area contributed by atoms with Crippen LogP contribution in [0.2, 0.25) is 0 Å². The highest BCUT2D eigenvalue weighted by atomic mass is 14.3. The lowest BCUT2D eigenvalue weighted by Crippen LogP contribution is -1.97. The van der Waals surface area contributed by atoms with Crippen LogP contribution in [0.25, 0.3) is 0 Å². The maximum Gasteiger partial charge on any atom is -0.0182 e. The van der Waals surface area contributed by atoms with Gasteiger partial charge in [0.25, 0.3) is 0 Å². The second-order valence-corrected chi connectivity index (χ2v) is 4.51. The summed E-state index contributed by atoms with van der Waals surface area (Å²) in [6.45, 7) is 6.94. The molecule has 0 bridgehead atoms. The van der Waals surface area contributed by atoms with E-state index in [9.17, 15) is 0 Å². The number of aryl methyl sites for hydroxylation is 1. The van der Waals surface area contributed by atoms with Gasteiger partial charge in [-0.3, -0.25) is 0 Å². The molecule has 1 aliphatic carbocycles. The highest BCUT2D eigenvalue weighted by molar-refractivity contribution is 5.42. The number of fused-ring (bicyclic) bond motifs is 1. The van der Waals surface area contributed by atoms with Gasteiger partial charge in [-0.05, 0) is 41.4 Å². The first kappa shape index (κ1) is 8.80. The van der Waals surface area contributed by atoms with E-state index in [1.165, 1.54) is 12.8 Å². The van der Waals surface area contributed by atoms with Crippen molar-refractivity contribution < 1.29 is 0 Å². The molecule has 0 fully saturated rings. The highest BCUT2D eigenvalue weighted by Gasteiger charge is 2.21. The molecule has 0 saturated heterocycles. The third-order valence-electron chi connectivity index (χ3n) is 3.19. The van der Waals surface area contributed by atoms with Gasteiger partial charge in [0.15, 0.2) is 0 Å². The van der Waals surface area contributed by atoms with E-state index in [0.29, 0.717) is 5.92 Å². The standard InChI is InChI=1S/C13H18/c1-9(2)12-6-4-5-11-8-7-10(3)13(11)12/h4-6,9-10H,7-8H2,1-3H3. The fraction of sp³-hybridized carbons (Fsp3) is 0.538. The Morgan fingerprint density at radius 1 is 1.31 bits per heavy atom. The Kier molecular flexibility index (Phi) is 2.15. The van der Waals surface area contributed by atoms with Gasteiger partial charge in [0.1, 0.15) is 0 Å². The van der Waals surface area contributed by atoms with E-state index < -0.39 is 0 Å². The molecule has 1 aromatic rings. The average molecular weight is 174 g/mol. The molecule has 1 aliphatic rings. The van der Waals surface area contributed by atoms with E-state index in [0.717, 1.165) is 5.92 Å². The van der Waals surface area contributed by atoms with Crippen LogP contribution in [-0.2, 0) is 6.42 Å². The van der Waals surface area contributed by atoms with Crippen LogP contribution in [-0.4, -0.2) is 0 Å². The molecule has 13 heavy (non-hydrogen) atoms. The molecular weight excluding hydrogens is 156 g/mol. The van der Waals surface area contributed by atoms with Crippen LogP contribution in [0.15, 0.2) is 18.2 Å². The Bertz CT molecular complexity index is 310. The van der Waals surface area contributed by atoms with Crippen molar-refractivity contribution in [2.45, 2.75) is 45.4 Å². The summed E-state index contributed by atoms with van der Waals surface area (Å²) in [5.74, 6) is 1.46. The van der Waals surface area contributed by atoms with E-state index in [2.05, 4.69) is 39.0 Å². The Labute approximate surface area is 81.0 Å². The summed E-state index contributed by atoms with van der Waals surface area (Å²) in [4.78, 5) is 0. The summed E-state index contributed by atoms with van der Waals surface area (Å²) < 4.78 is 0. The van der Waals surface area contributed by atoms with Crippen LogP contribution < -0.4 is 0 Å². The van der Waals surface area contributed by atoms with Crippen molar-refractivity contribution in [3.05, 3.63) is 34.9 Å². The van der Waals surface area contributed by atoms with Crippen molar-refractivity contribution in [3.63, 3.8) is 0 Å². The maximum atomic E-state index is 2.36. The number of hydrogen-bond acceptors (Lipinski definition) is 0. The zero-order chi connectivity index (χ0) is 9.42. The fourth-order valence-electron chi connectivity index (χ4n) is 2.47. The first-order valence-electron chi connectivity index (χ1n) is 5.32. The van der Waals surface area contributed by atoms with Crippen molar-refractivity contribution in [2.24, 2.45) is 0 Å². The summed E-state index contributed by atoms with van der Waals surface area (Å²) >= 11 is 0. The molecule has 0 spiro atoms. The van der Waals surface area contributed by atoms with E-state index in [1.54, 1.807) is 16.7 Å². The van der Waals surface area contributed by atoms with Crippen LogP contribution in [0.5, 0.6) is 0 Å². The van der Waals surface area contributed by atoms with Crippen molar-refractivity contribution in [3.8, 4) is 0 Å². The summed E-state index contributed by atoms with van der Waals surface area (Å²) in [6.07, 6.45) is 2.64. The van der Waals surface area contributed by atoms with Gasteiger partial charge >= 0.3 is 0 Å². The van der Waals surface area contributed by atoms with Gasteiger partial charge in [-0.1, -0.05) is 39.0 Å². The average Bonchev–Trinajstić information content (AvgIpc) is 2.48. The molecule has 1 unspecified atom stereocenters. The van der Waals surface area contributed by atoms with Crippen LogP contribution in [0.3, 0.4) is 0 Å². The van der Waals surface area contributed by atoms with Crippen molar-refractivity contribution in [2.75, 3.05) is 0 Å². The Balaban J connectivity index is 2.53. The molecule has 0 saturated carbocycles. The van der Waals surface area contributed by atoms with Gasteiger partial charge < -0.3 is 0 Å². The molecule has 1 aromatic carbocycles. The molecule has 0 radical (unpaired) electrons. The molecule has 2 rings (SSSR count). The van der Waals surface area contributed by atoms with Gasteiger partial charge in [0, 0.05) is 0 Å². The van der Waals surface area contributed by atoms with E-state index in [4.69, 9.17) is 0 Å². The lowest BCUT2D eigenvalue weighted by atomic mass is 9.91. The lowest BCUT2D eigenvalue weighted by molar-refractivity contribution is 0.729. The van der Waals surface area contributed by atoms with E-state index in [1.807, 2.05) is 0 Å². The summed E-state index contributed by atoms with van der Waals surface area (Å²) in [7, 11) is 0. The summed E-state index contributed by atoms with van der Waals surface area (Å²) in [5, 5.41) is 0. The number of hydrogen-bond donors (Lipinski definition) is 0. The fourth-order valence-corrected chi connectivity index (χ4v) is 2.47. The van der Waals surface area contributed by atoms with E-state index >= 15 is 0 Å². The molecule has 0 N–H and O–H groups in total. The monoisotopic (exact) mass is 174 g/mol. The zero-order valence-corrected chi connectivity index (χ0v) is 8.80. The molecule has 0 aromatic heterocycles. The SMILES string of the molecule is CC(C)c1cccc2c1C(C)CC2. The number of rotatable bonds is 1. The van der Waals surface area contributed by atoms with Gasteiger partial charge in [0.2, 0.25) is 0 Å². The molecule has 0 amide bonds. The van der Waals surface area contributed by atoms with Crippen LogP contribution >= 0.6 is 0 Å². The third kappa shape index (κ3) is 1.39. The Hall–Kier alpha value is -0.780. The smallest absolute Gasteiger partial charge is 0.0182 e. The van der Waals surface area contributed by atoms with Crippen molar-refractivity contribution in [1.29, 1.82) is 0 Å². The van der Waals surface area contributed by atoms with E-state index in [-0.39, 0.29) is 0 Å². The van der Waals surface area contributed by atoms with Crippen LogP contribution in [0, 0.1) is 0 Å². The zero-order valence-electron chi connectivity index (χ0n) is 8.80. The second kappa shape index (κ2) is 3.17. The summed E-state index contributed by atoms with van der Waals surface area (Å²) in [5.41, 5.74) is 4.82. The molecular formula is C13H18. The number of benzene rings is 1. The normalized spacial score (nSPS) is 20.8. The molecule has 0 aliphatic heterocycles. The quantitative estimate of drug-likeness (QED) is 0.606. The second-order valence-electron chi connectivity index (χ2n) is 4.51. The van der Waals surface area contributed by atoms with Gasteiger partial charge in [0.05, 0.1) is 0 Å². The van der Waals surface area contributed by atoms with Gasteiger partial charge in [-0.25, -0.2) is 0 Å². The Morgan fingerprint density at radius 3 is 2.77 bits per heavy atom.